The van der Waals surface area contributed by atoms with Crippen molar-refractivity contribution < 1.29 is 32.2 Å². The Morgan fingerprint density at radius 3 is 2.15 bits per heavy atom. The van der Waals surface area contributed by atoms with E-state index < -0.39 is 38.5 Å². The average Bonchev–Trinajstić information content (AvgIpc) is 3.18. The summed E-state index contributed by atoms with van der Waals surface area (Å²) in [6.45, 7) is 8.55. The second-order valence-corrected chi connectivity index (χ2v) is 13.1. The lowest BCUT2D eigenvalue weighted by Gasteiger charge is -2.44. The number of carbonyl (C=O) groups is 2. The van der Waals surface area contributed by atoms with Crippen molar-refractivity contribution in [1.82, 2.24) is 4.72 Å². The lowest BCUT2D eigenvalue weighted by Crippen LogP contribution is -2.57. The number of anilines is 1. The molecule has 0 spiro atoms. The molecule has 1 aliphatic heterocycles. The zero-order valence-electron chi connectivity index (χ0n) is 24.3. The predicted octanol–water partition coefficient (Wildman–Crippen LogP) is 5.18. The highest BCUT2D eigenvalue weighted by atomic mass is 32.2. The molecule has 0 saturated carbocycles. The van der Waals surface area contributed by atoms with Crippen LogP contribution in [0, 0.1) is 0 Å². The Kier molecular flexibility index (Phi) is 7.95. The molecule has 0 saturated heterocycles. The van der Waals surface area contributed by atoms with E-state index >= 15 is 0 Å². The first-order chi connectivity index (χ1) is 19.2. The monoisotopic (exact) mass is 580 g/mol. The number of sulfonamides is 1. The normalized spacial score (nSPS) is 18.4. The number of ether oxygens (including phenoxy) is 3. The van der Waals surface area contributed by atoms with E-state index in [9.17, 15) is 18.0 Å². The Morgan fingerprint density at radius 1 is 0.902 bits per heavy atom. The van der Waals surface area contributed by atoms with Gasteiger partial charge < -0.3 is 14.2 Å². The highest BCUT2D eigenvalue weighted by Gasteiger charge is 2.60. The van der Waals surface area contributed by atoms with Crippen molar-refractivity contribution in [3.63, 3.8) is 0 Å². The topological polar surface area (TPSA) is 111 Å². The van der Waals surface area contributed by atoms with Crippen LogP contribution in [0.1, 0.15) is 45.7 Å². The molecule has 3 aromatic rings. The van der Waals surface area contributed by atoms with Crippen LogP contribution in [0.5, 0.6) is 11.5 Å². The van der Waals surface area contributed by atoms with Gasteiger partial charge in [-0.05, 0) is 81.3 Å². The molecular formula is C31H36N2O7S. The van der Waals surface area contributed by atoms with Crippen molar-refractivity contribution in [3.8, 4) is 11.5 Å². The fourth-order valence-corrected chi connectivity index (χ4v) is 6.31. The molecule has 0 aromatic heterocycles. The number of para-hydroxylation sites is 1. The zero-order valence-corrected chi connectivity index (χ0v) is 25.2. The summed E-state index contributed by atoms with van der Waals surface area (Å²) in [5.41, 5.74) is -1.83. The lowest BCUT2D eigenvalue weighted by molar-refractivity contribution is -0.124. The van der Waals surface area contributed by atoms with Gasteiger partial charge in [0, 0.05) is 12.0 Å². The molecule has 1 heterocycles. The standard InChI is InChI=1S/C31H36N2O7S/c1-29(2,3)40-28(35)33-26-14-9-8-13-25(26)31(5,27(33)34)30(4,21-11-10-12-23(19-21)39-7)20-32-41(36,37)24-17-15-22(38-6)16-18-24/h8-19,32H,20H2,1-7H3/t30-,31+/m1/s1. The molecule has 1 N–H and O–H groups in total. The number of imide groups is 1. The molecule has 2 amide bonds. The molecule has 10 heteroatoms. The summed E-state index contributed by atoms with van der Waals surface area (Å²) in [6.07, 6.45) is -0.800. The third-order valence-corrected chi connectivity index (χ3v) is 9.10. The molecule has 4 rings (SSSR count). The van der Waals surface area contributed by atoms with E-state index in [4.69, 9.17) is 14.2 Å². The molecule has 0 radical (unpaired) electrons. The Bertz CT molecular complexity index is 1560. The summed E-state index contributed by atoms with van der Waals surface area (Å²) >= 11 is 0. The van der Waals surface area contributed by atoms with Crippen LogP contribution in [0.2, 0.25) is 0 Å². The minimum atomic E-state index is -4.00. The van der Waals surface area contributed by atoms with E-state index in [0.717, 1.165) is 4.90 Å². The van der Waals surface area contributed by atoms with Crippen LogP contribution in [-0.2, 0) is 30.4 Å². The molecule has 218 valence electrons. The van der Waals surface area contributed by atoms with Gasteiger partial charge in [0.15, 0.2) is 0 Å². The van der Waals surface area contributed by atoms with E-state index in [-0.39, 0.29) is 11.4 Å². The molecule has 0 aliphatic carbocycles. The third kappa shape index (κ3) is 5.41. The van der Waals surface area contributed by atoms with Gasteiger partial charge >= 0.3 is 6.09 Å². The summed E-state index contributed by atoms with van der Waals surface area (Å²) < 4.78 is 45.9. The van der Waals surface area contributed by atoms with Crippen molar-refractivity contribution in [1.29, 1.82) is 0 Å². The molecule has 1 aliphatic rings. The minimum Gasteiger partial charge on any atom is -0.497 e. The fraction of sp³-hybridized carbons (Fsp3) is 0.355. The third-order valence-electron chi connectivity index (χ3n) is 7.69. The largest absolute Gasteiger partial charge is 0.497 e. The second kappa shape index (κ2) is 10.8. The number of fused-ring (bicyclic) bond motifs is 1. The van der Waals surface area contributed by atoms with Gasteiger partial charge in [-0.1, -0.05) is 37.3 Å². The maximum Gasteiger partial charge on any atom is 0.421 e. The number of amides is 2. The zero-order chi connectivity index (χ0) is 30.2. The molecule has 41 heavy (non-hydrogen) atoms. The number of nitrogens with zero attached hydrogens (tertiary/aromatic N) is 1. The number of rotatable bonds is 8. The number of nitrogens with one attached hydrogen (secondary N) is 1. The smallest absolute Gasteiger partial charge is 0.421 e. The lowest BCUT2D eigenvalue weighted by atomic mass is 9.59. The Hall–Kier alpha value is -3.89. The maximum atomic E-state index is 14.5. The Labute approximate surface area is 241 Å². The van der Waals surface area contributed by atoms with E-state index in [1.165, 1.54) is 26.4 Å². The van der Waals surface area contributed by atoms with Crippen LogP contribution in [0.25, 0.3) is 0 Å². The predicted molar refractivity (Wildman–Crippen MR) is 156 cm³/mol. The molecule has 3 aromatic carbocycles. The second-order valence-electron chi connectivity index (χ2n) is 11.3. The van der Waals surface area contributed by atoms with Gasteiger partial charge in [-0.15, -0.1) is 0 Å². The Morgan fingerprint density at radius 2 is 1.54 bits per heavy atom. The summed E-state index contributed by atoms with van der Waals surface area (Å²) in [4.78, 5) is 28.9. The number of hydrogen-bond acceptors (Lipinski definition) is 7. The van der Waals surface area contributed by atoms with E-state index in [2.05, 4.69) is 4.72 Å². The summed E-state index contributed by atoms with van der Waals surface area (Å²) in [6, 6.07) is 20.2. The van der Waals surface area contributed by atoms with Crippen LogP contribution in [0.15, 0.2) is 77.7 Å². The van der Waals surface area contributed by atoms with Gasteiger partial charge in [-0.25, -0.2) is 22.8 Å². The SMILES string of the molecule is COc1ccc(S(=O)(=O)NC[C@](C)(c2cccc(OC)c2)[C@]2(C)C(=O)N(C(=O)OC(C)(C)C)c3ccccc32)cc1. The minimum absolute atomic E-state index is 0.0463. The van der Waals surface area contributed by atoms with Crippen molar-refractivity contribution in [3.05, 3.63) is 83.9 Å². The van der Waals surface area contributed by atoms with Crippen LogP contribution in [0.3, 0.4) is 0 Å². The van der Waals surface area contributed by atoms with Gasteiger partial charge in [-0.3, -0.25) is 4.79 Å². The molecule has 2 atom stereocenters. The van der Waals surface area contributed by atoms with Crippen LogP contribution in [-0.4, -0.2) is 46.8 Å². The fourth-order valence-electron chi connectivity index (χ4n) is 5.17. The highest BCUT2D eigenvalue weighted by molar-refractivity contribution is 7.89. The van der Waals surface area contributed by atoms with Gasteiger partial charge in [0.25, 0.3) is 0 Å². The van der Waals surface area contributed by atoms with Crippen molar-refractivity contribution >= 4 is 27.7 Å². The van der Waals surface area contributed by atoms with Crippen molar-refractivity contribution in [2.24, 2.45) is 0 Å². The van der Waals surface area contributed by atoms with Gasteiger partial charge in [-0.2, -0.15) is 0 Å². The first kappa shape index (κ1) is 30.1. The van der Waals surface area contributed by atoms with Crippen molar-refractivity contribution in [2.45, 2.75) is 55.9 Å². The maximum absolute atomic E-state index is 14.5. The molecule has 9 nitrogen and oxygen atoms in total. The summed E-state index contributed by atoms with van der Waals surface area (Å²) in [5, 5.41) is 0. The van der Waals surface area contributed by atoms with Gasteiger partial charge in [0.1, 0.15) is 17.1 Å². The first-order valence-electron chi connectivity index (χ1n) is 13.1. The van der Waals surface area contributed by atoms with Crippen LogP contribution < -0.4 is 19.1 Å². The van der Waals surface area contributed by atoms with Crippen LogP contribution >= 0.6 is 0 Å². The highest BCUT2D eigenvalue weighted by Crippen LogP contribution is 2.53. The van der Waals surface area contributed by atoms with Gasteiger partial charge in [0.05, 0.1) is 30.2 Å². The van der Waals surface area contributed by atoms with E-state index in [0.29, 0.717) is 28.3 Å². The molecular weight excluding hydrogens is 544 g/mol. The van der Waals surface area contributed by atoms with Crippen molar-refractivity contribution in [2.75, 3.05) is 25.7 Å². The molecule has 0 bridgehead atoms. The van der Waals surface area contributed by atoms with Crippen LogP contribution in [0.4, 0.5) is 10.5 Å². The molecule has 0 unspecified atom stereocenters. The van der Waals surface area contributed by atoms with E-state index in [1.54, 1.807) is 82.3 Å². The Balaban J connectivity index is 1.86. The number of hydrogen-bond donors (Lipinski definition) is 1. The number of benzene rings is 3. The first-order valence-corrected chi connectivity index (χ1v) is 14.6. The average molecular weight is 581 g/mol. The quantitative estimate of drug-likeness (QED) is 0.391. The number of carbonyl (C=O) groups excluding carboxylic acids is 2. The number of methoxy groups -OCH3 is 2. The summed E-state index contributed by atoms with van der Waals surface area (Å²) in [7, 11) is -0.969. The molecule has 0 fully saturated rings. The van der Waals surface area contributed by atoms with E-state index in [1.807, 2.05) is 13.0 Å². The van der Waals surface area contributed by atoms with Gasteiger partial charge in [0.2, 0.25) is 15.9 Å². The summed E-state index contributed by atoms with van der Waals surface area (Å²) in [5.74, 6) is 0.535.